The Morgan fingerprint density at radius 3 is 2.04 bits per heavy atom. The van der Waals surface area contributed by atoms with Crippen molar-refractivity contribution in [3.8, 4) is 0 Å². The molecule has 4 heteroatoms. The number of carboxylic acids is 1. The summed E-state index contributed by atoms with van der Waals surface area (Å²) in [5, 5.41) is 29.9. The van der Waals surface area contributed by atoms with Gasteiger partial charge in [0.05, 0.1) is 12.2 Å². The fraction of sp³-hybridized carbons (Fsp3) is 0.650. The Kier molecular flexibility index (Phi) is 15.5. The Labute approximate surface area is 146 Å². The van der Waals surface area contributed by atoms with Crippen LogP contribution in [0.15, 0.2) is 36.5 Å². The molecule has 0 aliphatic rings. The fourth-order valence-electron chi connectivity index (χ4n) is 2.17. The maximum atomic E-state index is 10.2. The zero-order valence-corrected chi connectivity index (χ0v) is 14.9. The van der Waals surface area contributed by atoms with Gasteiger partial charge >= 0.3 is 0 Å². The average molecular weight is 337 g/mol. The molecule has 0 amide bonds. The van der Waals surface area contributed by atoms with Crippen molar-refractivity contribution in [1.29, 1.82) is 0 Å². The van der Waals surface area contributed by atoms with Crippen molar-refractivity contribution in [2.45, 2.75) is 83.3 Å². The van der Waals surface area contributed by atoms with Crippen molar-refractivity contribution in [2.24, 2.45) is 0 Å². The lowest BCUT2D eigenvalue weighted by atomic mass is 10.1. The lowest BCUT2D eigenvalue weighted by Gasteiger charge is -2.14. The second-order valence-electron chi connectivity index (χ2n) is 6.02. The summed E-state index contributed by atoms with van der Waals surface area (Å²) in [6.45, 7) is 2.19. The van der Waals surface area contributed by atoms with E-state index in [9.17, 15) is 20.1 Å². The second-order valence-corrected chi connectivity index (χ2v) is 6.02. The fourth-order valence-corrected chi connectivity index (χ4v) is 2.17. The third-order valence-corrected chi connectivity index (χ3v) is 3.70. The lowest BCUT2D eigenvalue weighted by molar-refractivity contribution is -0.305. The van der Waals surface area contributed by atoms with E-state index in [1.165, 1.54) is 19.3 Å². The molecule has 0 saturated heterocycles. The summed E-state index contributed by atoms with van der Waals surface area (Å²) in [6, 6.07) is 0. The Morgan fingerprint density at radius 2 is 1.42 bits per heavy atom. The maximum Gasteiger partial charge on any atom is 0.0836 e. The zero-order chi connectivity index (χ0) is 18.0. The predicted molar refractivity (Wildman–Crippen MR) is 96.3 cm³/mol. The van der Waals surface area contributed by atoms with Crippen LogP contribution in [-0.2, 0) is 4.79 Å². The molecule has 0 bridgehead atoms. The zero-order valence-electron chi connectivity index (χ0n) is 14.9. The Hall–Kier alpha value is -1.39. The van der Waals surface area contributed by atoms with Crippen LogP contribution in [-0.4, -0.2) is 28.4 Å². The van der Waals surface area contributed by atoms with Gasteiger partial charge in [0.1, 0.15) is 0 Å². The van der Waals surface area contributed by atoms with Gasteiger partial charge in [-0.05, 0) is 51.4 Å². The monoisotopic (exact) mass is 337 g/mol. The minimum absolute atomic E-state index is 0.0490. The molecule has 24 heavy (non-hydrogen) atoms. The number of hydrogen-bond acceptors (Lipinski definition) is 4. The van der Waals surface area contributed by atoms with Crippen LogP contribution >= 0.6 is 0 Å². The van der Waals surface area contributed by atoms with Crippen LogP contribution in [0.1, 0.15) is 71.1 Å². The molecule has 2 N–H and O–H groups in total. The molecule has 0 fully saturated rings. The van der Waals surface area contributed by atoms with Gasteiger partial charge in [0.15, 0.2) is 0 Å². The van der Waals surface area contributed by atoms with Crippen molar-refractivity contribution in [3.05, 3.63) is 36.5 Å². The number of carboxylic acid groups (broad SMARTS) is 1. The van der Waals surface area contributed by atoms with Crippen molar-refractivity contribution in [1.82, 2.24) is 0 Å². The first-order chi connectivity index (χ1) is 11.6. The molecule has 0 rings (SSSR count). The number of unbranched alkanes of at least 4 members (excludes halogenated alkanes) is 4. The predicted octanol–water partition coefficient (Wildman–Crippen LogP) is 3.05. The Balaban J connectivity index is 3.70. The van der Waals surface area contributed by atoms with Crippen LogP contribution in [0.3, 0.4) is 0 Å². The summed E-state index contributed by atoms with van der Waals surface area (Å²) in [6.07, 6.45) is 18.0. The molecule has 0 saturated carbocycles. The highest BCUT2D eigenvalue weighted by Gasteiger charge is 2.12. The first-order valence-electron chi connectivity index (χ1n) is 9.08. The van der Waals surface area contributed by atoms with E-state index >= 15 is 0 Å². The lowest BCUT2D eigenvalue weighted by Crippen LogP contribution is -2.24. The van der Waals surface area contributed by atoms with E-state index in [1.807, 2.05) is 18.2 Å². The first-order valence-corrected chi connectivity index (χ1v) is 9.08. The summed E-state index contributed by atoms with van der Waals surface area (Å²) in [5.41, 5.74) is 0. The Morgan fingerprint density at radius 1 is 0.875 bits per heavy atom. The molecular weight excluding hydrogens is 304 g/mol. The SMILES string of the molecule is CCCCC/C=C\C/C=C\CC(O)C(O)C/C=C\CCCC(=O)[O-]. The third kappa shape index (κ3) is 15.5. The molecule has 0 aliphatic carbocycles. The largest absolute Gasteiger partial charge is 0.550 e. The van der Waals surface area contributed by atoms with Gasteiger partial charge in [-0.15, -0.1) is 0 Å². The third-order valence-electron chi connectivity index (χ3n) is 3.70. The van der Waals surface area contributed by atoms with Crippen LogP contribution in [0.2, 0.25) is 0 Å². The van der Waals surface area contributed by atoms with Gasteiger partial charge in [0.2, 0.25) is 0 Å². The minimum atomic E-state index is -1.04. The van der Waals surface area contributed by atoms with Gasteiger partial charge in [-0.1, -0.05) is 56.2 Å². The Bertz CT molecular complexity index is 385. The normalized spacial score (nSPS) is 14.8. The summed E-state index contributed by atoms with van der Waals surface area (Å²) < 4.78 is 0. The molecule has 2 atom stereocenters. The summed E-state index contributed by atoms with van der Waals surface area (Å²) in [5.74, 6) is -1.04. The van der Waals surface area contributed by atoms with E-state index in [2.05, 4.69) is 19.1 Å². The first kappa shape index (κ1) is 22.6. The molecular formula is C20H33O4-. The molecule has 0 spiro atoms. The van der Waals surface area contributed by atoms with Crippen molar-refractivity contribution in [2.75, 3.05) is 0 Å². The summed E-state index contributed by atoms with van der Waals surface area (Å²) in [7, 11) is 0. The van der Waals surface area contributed by atoms with Gasteiger partial charge in [-0.2, -0.15) is 0 Å². The summed E-state index contributed by atoms with van der Waals surface area (Å²) >= 11 is 0. The van der Waals surface area contributed by atoms with E-state index < -0.39 is 18.2 Å². The highest BCUT2D eigenvalue weighted by atomic mass is 16.4. The van der Waals surface area contributed by atoms with Gasteiger partial charge < -0.3 is 20.1 Å². The molecule has 0 aliphatic heterocycles. The van der Waals surface area contributed by atoms with Crippen LogP contribution in [0, 0.1) is 0 Å². The number of aliphatic hydroxyl groups is 2. The quantitative estimate of drug-likeness (QED) is 0.355. The average Bonchev–Trinajstić information content (AvgIpc) is 2.55. The number of aliphatic carboxylic acids is 1. The minimum Gasteiger partial charge on any atom is -0.550 e. The van der Waals surface area contributed by atoms with Crippen molar-refractivity contribution < 1.29 is 20.1 Å². The van der Waals surface area contributed by atoms with Crippen LogP contribution in [0.4, 0.5) is 0 Å². The van der Waals surface area contributed by atoms with Gasteiger partial charge in [-0.25, -0.2) is 0 Å². The van der Waals surface area contributed by atoms with E-state index in [4.69, 9.17) is 0 Å². The number of rotatable bonds is 15. The standard InChI is InChI=1S/C20H34O4/c1-2-3-4-5-6-7-8-9-12-15-18(21)19(22)16-13-10-11-14-17-20(23)24/h6-7,9-10,12-13,18-19,21-22H,2-5,8,11,14-17H2,1H3,(H,23,24)/p-1/b7-6-,12-9-,13-10-. The molecule has 0 aromatic rings. The molecule has 0 aromatic heterocycles. The number of hydrogen-bond donors (Lipinski definition) is 2. The van der Waals surface area contributed by atoms with Crippen LogP contribution in [0.5, 0.6) is 0 Å². The highest BCUT2D eigenvalue weighted by molar-refractivity contribution is 5.64. The molecule has 0 heterocycles. The molecule has 138 valence electrons. The van der Waals surface area contributed by atoms with Gasteiger partial charge in [0, 0.05) is 5.97 Å². The van der Waals surface area contributed by atoms with E-state index in [1.54, 1.807) is 6.08 Å². The van der Waals surface area contributed by atoms with E-state index in [0.717, 1.165) is 12.8 Å². The molecule has 0 aromatic carbocycles. The van der Waals surface area contributed by atoms with Gasteiger partial charge in [-0.3, -0.25) is 0 Å². The molecule has 4 nitrogen and oxygen atoms in total. The van der Waals surface area contributed by atoms with Crippen LogP contribution < -0.4 is 5.11 Å². The number of carbonyl (C=O) groups excluding carboxylic acids is 1. The van der Waals surface area contributed by atoms with E-state index in [0.29, 0.717) is 25.7 Å². The second kappa shape index (κ2) is 16.5. The molecule has 2 unspecified atom stereocenters. The van der Waals surface area contributed by atoms with Crippen LogP contribution in [0.25, 0.3) is 0 Å². The smallest absolute Gasteiger partial charge is 0.0836 e. The number of carbonyl (C=O) groups is 1. The topological polar surface area (TPSA) is 80.6 Å². The maximum absolute atomic E-state index is 10.2. The van der Waals surface area contributed by atoms with E-state index in [-0.39, 0.29) is 6.42 Å². The highest BCUT2D eigenvalue weighted by Crippen LogP contribution is 2.07. The number of aliphatic hydroxyl groups excluding tert-OH is 2. The number of allylic oxidation sites excluding steroid dienone is 4. The van der Waals surface area contributed by atoms with Crippen molar-refractivity contribution in [3.63, 3.8) is 0 Å². The van der Waals surface area contributed by atoms with Crippen molar-refractivity contribution >= 4 is 5.97 Å². The summed E-state index contributed by atoms with van der Waals surface area (Å²) in [4.78, 5) is 10.2. The van der Waals surface area contributed by atoms with Gasteiger partial charge in [0.25, 0.3) is 0 Å². The molecule has 0 radical (unpaired) electrons.